The third kappa shape index (κ3) is 3.66. The van der Waals surface area contributed by atoms with Gasteiger partial charge in [-0.25, -0.2) is 0 Å². The van der Waals surface area contributed by atoms with Gasteiger partial charge < -0.3 is 18.6 Å². The molecule has 8 heteroatoms. The van der Waals surface area contributed by atoms with Crippen LogP contribution in [0.25, 0.3) is 11.5 Å². The Morgan fingerprint density at radius 1 is 1.14 bits per heavy atom. The molecule has 2 rings (SSSR count). The van der Waals surface area contributed by atoms with Crippen LogP contribution in [0.1, 0.15) is 0 Å². The van der Waals surface area contributed by atoms with E-state index in [1.165, 1.54) is 17.3 Å². The summed E-state index contributed by atoms with van der Waals surface area (Å²) in [6.07, 6.45) is 1.79. The van der Waals surface area contributed by atoms with Gasteiger partial charge >= 0.3 is 0 Å². The van der Waals surface area contributed by atoms with E-state index in [1.54, 1.807) is 39.5 Å². The Kier molecular flexibility index (Phi) is 5.97. The molecule has 22 heavy (non-hydrogen) atoms. The van der Waals surface area contributed by atoms with Crippen molar-refractivity contribution in [2.45, 2.75) is 5.22 Å². The fraction of sp³-hybridized carbons (Fsp3) is 0.286. The Morgan fingerprint density at radius 3 is 2.36 bits per heavy atom. The summed E-state index contributed by atoms with van der Waals surface area (Å²) in [5.74, 6) is 2.58. The van der Waals surface area contributed by atoms with Crippen molar-refractivity contribution in [3.8, 4) is 28.7 Å². The lowest BCUT2D eigenvalue weighted by Crippen LogP contribution is -1.95. The van der Waals surface area contributed by atoms with Gasteiger partial charge in [-0.2, -0.15) is 0 Å². The van der Waals surface area contributed by atoms with Crippen LogP contribution in [0.5, 0.6) is 17.2 Å². The lowest BCUT2D eigenvalue weighted by atomic mass is 10.2. The van der Waals surface area contributed by atoms with Gasteiger partial charge in [-0.05, 0) is 12.1 Å². The molecule has 1 aromatic carbocycles. The highest BCUT2D eigenvalue weighted by Crippen LogP contribution is 2.41. The zero-order valence-corrected chi connectivity index (χ0v) is 13.9. The standard InChI is InChI=1S/C14H15ClN2O4S/c1-18-10-7-9(8-11(19-2)12(10)20-3)13-16-17-14(21-13)22-6-4-5-15/h4-5,7-8H,6H2,1-3H3. The smallest absolute Gasteiger partial charge is 0.277 e. The second kappa shape index (κ2) is 7.95. The molecule has 118 valence electrons. The van der Waals surface area contributed by atoms with E-state index in [0.717, 1.165) is 0 Å². The lowest BCUT2D eigenvalue weighted by Gasteiger charge is -2.12. The molecule has 0 fully saturated rings. The molecule has 0 saturated heterocycles. The van der Waals surface area contributed by atoms with Crippen LogP contribution >= 0.6 is 23.4 Å². The van der Waals surface area contributed by atoms with Crippen LogP contribution in [-0.2, 0) is 0 Å². The van der Waals surface area contributed by atoms with Crippen molar-refractivity contribution in [3.63, 3.8) is 0 Å². The van der Waals surface area contributed by atoms with Crippen LogP contribution < -0.4 is 14.2 Å². The summed E-state index contributed by atoms with van der Waals surface area (Å²) in [4.78, 5) is 0. The van der Waals surface area contributed by atoms with Crippen molar-refractivity contribution >= 4 is 23.4 Å². The Labute approximate surface area is 137 Å². The average molecular weight is 343 g/mol. The second-order valence-electron chi connectivity index (χ2n) is 3.96. The Morgan fingerprint density at radius 2 is 1.82 bits per heavy atom. The van der Waals surface area contributed by atoms with E-state index in [0.29, 0.717) is 39.7 Å². The van der Waals surface area contributed by atoms with Crippen molar-refractivity contribution in [3.05, 3.63) is 23.7 Å². The highest BCUT2D eigenvalue weighted by molar-refractivity contribution is 7.99. The fourth-order valence-corrected chi connectivity index (χ4v) is 2.51. The van der Waals surface area contributed by atoms with E-state index >= 15 is 0 Å². The molecule has 0 aliphatic rings. The predicted octanol–water partition coefficient (Wildman–Crippen LogP) is 3.61. The van der Waals surface area contributed by atoms with Gasteiger partial charge in [0.25, 0.3) is 5.22 Å². The van der Waals surface area contributed by atoms with Gasteiger partial charge in [0.1, 0.15) is 0 Å². The minimum Gasteiger partial charge on any atom is -0.493 e. The topological polar surface area (TPSA) is 66.6 Å². The van der Waals surface area contributed by atoms with Crippen LogP contribution in [-0.4, -0.2) is 37.3 Å². The molecule has 0 unspecified atom stereocenters. The van der Waals surface area contributed by atoms with E-state index in [9.17, 15) is 0 Å². The van der Waals surface area contributed by atoms with Gasteiger partial charge in [0, 0.05) is 16.9 Å². The molecular weight excluding hydrogens is 328 g/mol. The molecule has 0 radical (unpaired) electrons. The summed E-state index contributed by atoms with van der Waals surface area (Å²) in [6, 6.07) is 3.50. The third-order valence-electron chi connectivity index (χ3n) is 2.71. The number of benzene rings is 1. The fourth-order valence-electron chi connectivity index (χ4n) is 1.75. The molecule has 0 saturated carbocycles. The molecule has 1 aromatic heterocycles. The summed E-state index contributed by atoms with van der Waals surface area (Å²) in [6.45, 7) is 0. The molecule has 0 aliphatic heterocycles. The summed E-state index contributed by atoms with van der Waals surface area (Å²) in [5, 5.41) is 8.46. The molecule has 2 aromatic rings. The van der Waals surface area contributed by atoms with Gasteiger partial charge in [-0.15, -0.1) is 10.2 Å². The molecule has 0 atom stereocenters. The van der Waals surface area contributed by atoms with E-state index in [-0.39, 0.29) is 0 Å². The maximum Gasteiger partial charge on any atom is 0.277 e. The van der Waals surface area contributed by atoms with Crippen LogP contribution in [0.2, 0.25) is 0 Å². The number of methoxy groups -OCH3 is 3. The Balaban J connectivity index is 2.32. The van der Waals surface area contributed by atoms with Crippen LogP contribution in [0.3, 0.4) is 0 Å². The van der Waals surface area contributed by atoms with Gasteiger partial charge in [0.15, 0.2) is 11.5 Å². The van der Waals surface area contributed by atoms with Gasteiger partial charge in [0.2, 0.25) is 11.6 Å². The number of halogens is 1. The van der Waals surface area contributed by atoms with Crippen molar-refractivity contribution in [2.75, 3.05) is 27.1 Å². The largest absolute Gasteiger partial charge is 0.493 e. The molecule has 0 aliphatic carbocycles. The highest BCUT2D eigenvalue weighted by atomic mass is 35.5. The van der Waals surface area contributed by atoms with E-state index < -0.39 is 0 Å². The average Bonchev–Trinajstić information content (AvgIpc) is 3.02. The molecule has 0 amide bonds. The maximum absolute atomic E-state index is 5.60. The van der Waals surface area contributed by atoms with Crippen molar-refractivity contribution in [1.82, 2.24) is 10.2 Å². The minimum absolute atomic E-state index is 0.372. The third-order valence-corrected chi connectivity index (χ3v) is 3.66. The maximum atomic E-state index is 5.60. The predicted molar refractivity (Wildman–Crippen MR) is 85.1 cm³/mol. The normalized spacial score (nSPS) is 10.9. The quantitative estimate of drug-likeness (QED) is 0.712. The number of hydrogen-bond donors (Lipinski definition) is 0. The van der Waals surface area contributed by atoms with Gasteiger partial charge in [0.05, 0.1) is 21.3 Å². The van der Waals surface area contributed by atoms with Crippen LogP contribution in [0.4, 0.5) is 0 Å². The van der Waals surface area contributed by atoms with Crippen LogP contribution in [0.15, 0.2) is 33.4 Å². The summed E-state index contributed by atoms with van der Waals surface area (Å²) in [7, 11) is 4.65. The van der Waals surface area contributed by atoms with E-state index in [2.05, 4.69) is 10.2 Å². The summed E-state index contributed by atoms with van der Waals surface area (Å²) in [5.41, 5.74) is 2.13. The summed E-state index contributed by atoms with van der Waals surface area (Å²) >= 11 is 6.85. The minimum atomic E-state index is 0.372. The van der Waals surface area contributed by atoms with E-state index in [4.69, 9.17) is 30.2 Å². The summed E-state index contributed by atoms with van der Waals surface area (Å²) < 4.78 is 21.5. The monoisotopic (exact) mass is 342 g/mol. The number of thioether (sulfide) groups is 1. The van der Waals surface area contributed by atoms with Crippen molar-refractivity contribution in [2.24, 2.45) is 0 Å². The van der Waals surface area contributed by atoms with E-state index in [1.807, 2.05) is 0 Å². The zero-order valence-electron chi connectivity index (χ0n) is 12.3. The number of hydrogen-bond acceptors (Lipinski definition) is 7. The first-order valence-electron chi connectivity index (χ1n) is 6.25. The molecule has 1 heterocycles. The molecule has 0 spiro atoms. The van der Waals surface area contributed by atoms with Crippen molar-refractivity contribution in [1.29, 1.82) is 0 Å². The van der Waals surface area contributed by atoms with Gasteiger partial charge in [-0.3, -0.25) is 0 Å². The number of ether oxygens (including phenoxy) is 3. The first-order chi connectivity index (χ1) is 10.7. The molecule has 6 nitrogen and oxygen atoms in total. The zero-order chi connectivity index (χ0) is 15.9. The molecular formula is C14H15ClN2O4S. The number of nitrogens with zero attached hydrogens (tertiary/aromatic N) is 2. The second-order valence-corrected chi connectivity index (χ2v) is 5.18. The highest BCUT2D eigenvalue weighted by Gasteiger charge is 2.17. The first-order valence-corrected chi connectivity index (χ1v) is 7.67. The van der Waals surface area contributed by atoms with Gasteiger partial charge in [-0.1, -0.05) is 29.4 Å². The Bertz CT molecular complexity index is 635. The van der Waals surface area contributed by atoms with Crippen LogP contribution in [0, 0.1) is 0 Å². The first kappa shape index (κ1) is 16.5. The van der Waals surface area contributed by atoms with Crippen molar-refractivity contribution < 1.29 is 18.6 Å². The molecule has 0 bridgehead atoms. The lowest BCUT2D eigenvalue weighted by molar-refractivity contribution is 0.324. The molecule has 0 N–H and O–H groups in total. The number of rotatable bonds is 7. The SMILES string of the molecule is COc1cc(-c2nnc(SCC=CCl)o2)cc(OC)c1OC. The Hall–Kier alpha value is -1.86. The number of aromatic nitrogens is 2.